The molecule has 0 aliphatic rings. The summed E-state index contributed by atoms with van der Waals surface area (Å²) in [5.41, 5.74) is 1.22. The van der Waals surface area contributed by atoms with E-state index in [0.29, 0.717) is 17.1 Å². The van der Waals surface area contributed by atoms with Crippen LogP contribution < -0.4 is 14.5 Å². The van der Waals surface area contributed by atoms with Crippen molar-refractivity contribution in [2.24, 2.45) is 0 Å². The molecule has 0 spiro atoms. The largest absolute Gasteiger partial charge is 0.497 e. The summed E-state index contributed by atoms with van der Waals surface area (Å²) in [6, 6.07) is 15.6. The van der Waals surface area contributed by atoms with Crippen LogP contribution in [0.4, 0.5) is 16.2 Å². The Balaban J connectivity index is 2.08. The Bertz CT molecular complexity index is 560. The number of halogens is 1. The zero-order valence-electron chi connectivity index (χ0n) is 10.3. The molecule has 4 nitrogen and oxygen atoms in total. The van der Waals surface area contributed by atoms with Crippen LogP contribution in [0, 0.1) is 0 Å². The van der Waals surface area contributed by atoms with E-state index in [9.17, 15) is 4.79 Å². The Labute approximate surface area is 116 Å². The van der Waals surface area contributed by atoms with Crippen molar-refractivity contribution in [1.29, 1.82) is 0 Å². The molecule has 0 aliphatic carbocycles. The molecule has 0 bridgehead atoms. The van der Waals surface area contributed by atoms with Gasteiger partial charge in [-0.2, -0.15) is 0 Å². The van der Waals surface area contributed by atoms with Crippen LogP contribution in [-0.4, -0.2) is 13.1 Å². The molecular weight excluding hydrogens is 264 g/mol. The summed E-state index contributed by atoms with van der Waals surface area (Å²) in [4.78, 5) is 12.0. The third-order valence-corrected chi connectivity index (χ3v) is 2.83. The van der Waals surface area contributed by atoms with E-state index in [0.717, 1.165) is 4.42 Å². The van der Waals surface area contributed by atoms with Gasteiger partial charge in [-0.1, -0.05) is 24.3 Å². The molecule has 0 saturated heterocycles. The highest BCUT2D eigenvalue weighted by atomic mass is 35.5. The van der Waals surface area contributed by atoms with Crippen LogP contribution in [-0.2, 0) is 0 Å². The van der Waals surface area contributed by atoms with Gasteiger partial charge in [0, 0.05) is 23.5 Å². The highest BCUT2D eigenvalue weighted by Gasteiger charge is 2.13. The molecule has 0 aliphatic heterocycles. The quantitative estimate of drug-likeness (QED) is 0.864. The van der Waals surface area contributed by atoms with Crippen molar-refractivity contribution in [3.63, 3.8) is 0 Å². The number of hydrogen-bond donors (Lipinski definition) is 1. The number of carbonyl (C=O) groups is 1. The van der Waals surface area contributed by atoms with E-state index in [4.69, 9.17) is 16.5 Å². The van der Waals surface area contributed by atoms with Gasteiger partial charge in [0.1, 0.15) is 5.75 Å². The average molecular weight is 277 g/mol. The molecule has 0 heterocycles. The molecule has 0 unspecified atom stereocenters. The van der Waals surface area contributed by atoms with E-state index in [1.807, 2.05) is 18.2 Å². The summed E-state index contributed by atoms with van der Waals surface area (Å²) in [7, 11) is 1.57. The van der Waals surface area contributed by atoms with Crippen molar-refractivity contribution < 1.29 is 9.53 Å². The van der Waals surface area contributed by atoms with Crippen LogP contribution in [0.1, 0.15) is 0 Å². The third-order valence-electron chi connectivity index (χ3n) is 2.48. The third kappa shape index (κ3) is 3.39. The Kier molecular flexibility index (Phi) is 4.26. The second kappa shape index (κ2) is 6.11. The minimum atomic E-state index is -0.430. The first-order valence-electron chi connectivity index (χ1n) is 5.66. The predicted octanol–water partition coefficient (Wildman–Crippen LogP) is 3.89. The molecule has 2 aromatic rings. The SMILES string of the molecule is COc1cccc(NC(=O)N(Cl)c2ccccc2)c1. The maximum absolute atomic E-state index is 12.0. The first kappa shape index (κ1) is 13.2. The minimum absolute atomic E-state index is 0.430. The summed E-state index contributed by atoms with van der Waals surface area (Å²) >= 11 is 5.97. The smallest absolute Gasteiger partial charge is 0.341 e. The number of rotatable bonds is 3. The average Bonchev–Trinajstić information content (AvgIpc) is 2.47. The lowest BCUT2D eigenvalue weighted by Crippen LogP contribution is -2.26. The van der Waals surface area contributed by atoms with Gasteiger partial charge in [-0.3, -0.25) is 0 Å². The molecular formula is C14H13ClN2O2. The molecule has 0 fully saturated rings. The lowest BCUT2D eigenvalue weighted by Gasteiger charge is -2.15. The summed E-state index contributed by atoms with van der Waals surface area (Å²) in [5.74, 6) is 0.665. The zero-order chi connectivity index (χ0) is 13.7. The van der Waals surface area contributed by atoms with Crippen molar-refractivity contribution in [2.75, 3.05) is 16.8 Å². The van der Waals surface area contributed by atoms with Crippen LogP contribution in [0.2, 0.25) is 0 Å². The molecule has 2 amide bonds. The molecule has 0 aromatic heterocycles. The molecule has 2 rings (SSSR count). The molecule has 0 atom stereocenters. The maximum Gasteiger partial charge on any atom is 0.341 e. The predicted molar refractivity (Wildman–Crippen MR) is 76.8 cm³/mol. The van der Waals surface area contributed by atoms with Crippen molar-refractivity contribution in [1.82, 2.24) is 0 Å². The van der Waals surface area contributed by atoms with Gasteiger partial charge in [0.15, 0.2) is 0 Å². The number of methoxy groups -OCH3 is 1. The topological polar surface area (TPSA) is 41.6 Å². The Hall–Kier alpha value is -2.20. The van der Waals surface area contributed by atoms with Gasteiger partial charge in [0.2, 0.25) is 0 Å². The highest BCUT2D eigenvalue weighted by Crippen LogP contribution is 2.20. The summed E-state index contributed by atoms with van der Waals surface area (Å²) < 4.78 is 6.11. The molecule has 19 heavy (non-hydrogen) atoms. The number of amides is 2. The van der Waals surface area contributed by atoms with E-state index in [2.05, 4.69) is 5.32 Å². The van der Waals surface area contributed by atoms with Gasteiger partial charge < -0.3 is 10.1 Å². The van der Waals surface area contributed by atoms with Gasteiger partial charge >= 0.3 is 6.03 Å². The normalized spacial score (nSPS) is 9.79. The van der Waals surface area contributed by atoms with E-state index in [-0.39, 0.29) is 0 Å². The van der Waals surface area contributed by atoms with Crippen molar-refractivity contribution in [3.8, 4) is 5.75 Å². The van der Waals surface area contributed by atoms with Crippen molar-refractivity contribution in [2.45, 2.75) is 0 Å². The molecule has 0 saturated carbocycles. The number of carbonyl (C=O) groups excluding carboxylic acids is 1. The standard InChI is InChI=1S/C14H13ClN2O2/c1-19-13-9-5-6-11(10-13)16-14(18)17(15)12-7-3-2-4-8-12/h2-10H,1H3,(H,16,18). The monoisotopic (exact) mass is 276 g/mol. The number of benzene rings is 2. The number of anilines is 2. The van der Waals surface area contributed by atoms with Gasteiger partial charge in [-0.25, -0.2) is 9.21 Å². The second-order valence-electron chi connectivity index (χ2n) is 3.78. The van der Waals surface area contributed by atoms with E-state index >= 15 is 0 Å². The van der Waals surface area contributed by atoms with E-state index < -0.39 is 6.03 Å². The summed E-state index contributed by atoms with van der Waals surface area (Å²) in [5, 5.41) is 2.69. The lowest BCUT2D eigenvalue weighted by molar-refractivity contribution is 0.260. The Morgan fingerprint density at radius 3 is 2.58 bits per heavy atom. The van der Waals surface area contributed by atoms with Gasteiger partial charge in [0.05, 0.1) is 12.8 Å². The summed E-state index contributed by atoms with van der Waals surface area (Å²) in [6.45, 7) is 0. The number of hydrogen-bond acceptors (Lipinski definition) is 2. The second-order valence-corrected chi connectivity index (χ2v) is 4.12. The van der Waals surface area contributed by atoms with Crippen molar-refractivity contribution >= 4 is 29.2 Å². The van der Waals surface area contributed by atoms with Gasteiger partial charge in [0.25, 0.3) is 0 Å². The fourth-order valence-electron chi connectivity index (χ4n) is 1.55. The zero-order valence-corrected chi connectivity index (χ0v) is 11.1. The summed E-state index contributed by atoms with van der Waals surface area (Å²) in [6.07, 6.45) is 0. The first-order chi connectivity index (χ1) is 9.20. The molecule has 5 heteroatoms. The van der Waals surface area contributed by atoms with Crippen LogP contribution >= 0.6 is 11.8 Å². The number of urea groups is 1. The number of para-hydroxylation sites is 1. The van der Waals surface area contributed by atoms with Gasteiger partial charge in [-0.15, -0.1) is 0 Å². The first-order valence-corrected chi connectivity index (χ1v) is 6.00. The van der Waals surface area contributed by atoms with Crippen LogP contribution in [0.3, 0.4) is 0 Å². The van der Waals surface area contributed by atoms with Gasteiger partial charge in [-0.05, 0) is 24.3 Å². The number of ether oxygens (including phenoxy) is 1. The van der Waals surface area contributed by atoms with E-state index in [1.54, 1.807) is 43.5 Å². The lowest BCUT2D eigenvalue weighted by atomic mass is 10.3. The Morgan fingerprint density at radius 1 is 1.16 bits per heavy atom. The van der Waals surface area contributed by atoms with Crippen LogP contribution in [0.5, 0.6) is 5.75 Å². The molecule has 1 N–H and O–H groups in total. The number of nitrogens with zero attached hydrogens (tertiary/aromatic N) is 1. The van der Waals surface area contributed by atoms with E-state index in [1.165, 1.54) is 0 Å². The van der Waals surface area contributed by atoms with Crippen LogP contribution in [0.25, 0.3) is 0 Å². The molecule has 0 radical (unpaired) electrons. The molecule has 2 aromatic carbocycles. The fourth-order valence-corrected chi connectivity index (χ4v) is 1.70. The highest BCUT2D eigenvalue weighted by molar-refractivity contribution is 6.38. The fraction of sp³-hybridized carbons (Fsp3) is 0.0714. The molecule has 98 valence electrons. The minimum Gasteiger partial charge on any atom is -0.497 e. The van der Waals surface area contributed by atoms with Crippen molar-refractivity contribution in [3.05, 3.63) is 54.6 Å². The number of nitrogens with one attached hydrogen (secondary N) is 1. The Morgan fingerprint density at radius 2 is 1.89 bits per heavy atom. The maximum atomic E-state index is 12.0. The van der Waals surface area contributed by atoms with Crippen LogP contribution in [0.15, 0.2) is 54.6 Å².